The minimum absolute atomic E-state index is 0.0644. The van der Waals surface area contributed by atoms with Gasteiger partial charge in [0.05, 0.1) is 17.4 Å². The number of likely N-dealkylation sites (N-methyl/N-ethyl adjacent to an activating group) is 1. The summed E-state index contributed by atoms with van der Waals surface area (Å²) in [5, 5.41) is 11.5. The Morgan fingerprint density at radius 3 is 2.67 bits per heavy atom. The summed E-state index contributed by atoms with van der Waals surface area (Å²) < 4.78 is 0. The Morgan fingerprint density at radius 1 is 1.46 bits per heavy atom. The molecule has 1 amide bonds. The molecule has 6 heteroatoms. The first-order valence-corrected chi connectivity index (χ1v) is 9.11. The van der Waals surface area contributed by atoms with E-state index in [4.69, 9.17) is 10.4 Å². The lowest BCUT2D eigenvalue weighted by atomic mass is 9.81. The second kappa shape index (κ2) is 7.38. The van der Waals surface area contributed by atoms with Crippen LogP contribution in [0.5, 0.6) is 0 Å². The maximum atomic E-state index is 12.4. The number of thioether (sulfide) groups is 1. The molecule has 1 heterocycles. The molecule has 1 aliphatic rings. The highest BCUT2D eigenvalue weighted by Gasteiger charge is 2.42. The van der Waals surface area contributed by atoms with Crippen LogP contribution in [-0.4, -0.2) is 46.2 Å². The van der Waals surface area contributed by atoms with Gasteiger partial charge >= 0.3 is 0 Å². The van der Waals surface area contributed by atoms with E-state index < -0.39 is 0 Å². The summed E-state index contributed by atoms with van der Waals surface area (Å²) >= 11 is 1.58. The van der Waals surface area contributed by atoms with Crippen molar-refractivity contribution in [3.8, 4) is 0 Å². The first-order chi connectivity index (χ1) is 11.3. The van der Waals surface area contributed by atoms with Gasteiger partial charge in [0, 0.05) is 18.4 Å². The molecule has 5 nitrogen and oxygen atoms in total. The van der Waals surface area contributed by atoms with Crippen molar-refractivity contribution in [3.05, 3.63) is 35.9 Å². The van der Waals surface area contributed by atoms with Gasteiger partial charge in [0.1, 0.15) is 0 Å². The van der Waals surface area contributed by atoms with Gasteiger partial charge in [0.25, 0.3) is 5.91 Å². The van der Waals surface area contributed by atoms with Gasteiger partial charge in [-0.2, -0.15) is 0 Å². The van der Waals surface area contributed by atoms with Crippen molar-refractivity contribution in [2.75, 3.05) is 12.8 Å². The van der Waals surface area contributed by atoms with Gasteiger partial charge in [-0.25, -0.2) is 0 Å². The van der Waals surface area contributed by atoms with E-state index in [1.807, 2.05) is 30.1 Å². The third-order valence-corrected chi connectivity index (χ3v) is 6.16. The van der Waals surface area contributed by atoms with Crippen molar-refractivity contribution in [2.24, 2.45) is 10.9 Å². The molecule has 130 valence electrons. The van der Waals surface area contributed by atoms with Crippen LogP contribution in [0.25, 0.3) is 0 Å². The van der Waals surface area contributed by atoms with E-state index in [1.165, 1.54) is 0 Å². The number of nitrogens with one attached hydrogen (secondary N) is 2. The predicted molar refractivity (Wildman–Crippen MR) is 102 cm³/mol. The molecule has 1 aromatic rings. The fourth-order valence-electron chi connectivity index (χ4n) is 2.74. The van der Waals surface area contributed by atoms with Crippen LogP contribution in [0, 0.1) is 11.3 Å². The van der Waals surface area contributed by atoms with Crippen molar-refractivity contribution < 1.29 is 4.79 Å². The Labute approximate surface area is 148 Å². The minimum atomic E-state index is -0.360. The quantitative estimate of drug-likeness (QED) is 0.652. The zero-order valence-electron chi connectivity index (χ0n) is 15.0. The zero-order valence-corrected chi connectivity index (χ0v) is 15.8. The number of hydrogen-bond donors (Lipinski definition) is 2. The van der Waals surface area contributed by atoms with E-state index in [1.54, 1.807) is 30.8 Å². The fourth-order valence-corrected chi connectivity index (χ4v) is 3.92. The Balaban J connectivity index is 2.22. The van der Waals surface area contributed by atoms with E-state index in [-0.39, 0.29) is 17.5 Å². The first-order valence-electron chi connectivity index (χ1n) is 8.12. The average Bonchev–Trinajstić information content (AvgIpc) is 2.57. The van der Waals surface area contributed by atoms with Crippen LogP contribution < -0.4 is 5.32 Å². The smallest absolute Gasteiger partial charge is 0.257 e. The van der Waals surface area contributed by atoms with Crippen molar-refractivity contribution in [2.45, 2.75) is 39.3 Å². The zero-order chi connectivity index (χ0) is 17.9. The van der Waals surface area contributed by atoms with E-state index in [2.05, 4.69) is 26.1 Å². The van der Waals surface area contributed by atoms with Gasteiger partial charge in [-0.05, 0) is 38.8 Å². The number of amides is 1. The molecule has 2 N–H and O–H groups in total. The monoisotopic (exact) mass is 346 g/mol. The molecule has 3 atom stereocenters. The number of nitrogens with zero attached hydrogens (tertiary/aromatic N) is 2. The molecule has 0 aliphatic carbocycles. The van der Waals surface area contributed by atoms with E-state index in [0.717, 1.165) is 5.75 Å². The lowest BCUT2D eigenvalue weighted by Gasteiger charge is -2.44. The summed E-state index contributed by atoms with van der Waals surface area (Å²) in [6, 6.07) is 9.23. The summed E-state index contributed by atoms with van der Waals surface area (Å²) in [6.45, 7) is 8.15. The minimum Gasteiger partial charge on any atom is -0.359 e. The largest absolute Gasteiger partial charge is 0.359 e. The molecular formula is C18H26N4OS. The van der Waals surface area contributed by atoms with Gasteiger partial charge in [0.15, 0.2) is 5.17 Å². The molecule has 0 bridgehead atoms. The Morgan fingerprint density at radius 2 is 2.08 bits per heavy atom. The Bertz CT molecular complexity index is 646. The highest BCUT2D eigenvalue weighted by molar-refractivity contribution is 8.13. The highest BCUT2D eigenvalue weighted by Crippen LogP contribution is 2.36. The summed E-state index contributed by atoms with van der Waals surface area (Å²) in [4.78, 5) is 19.2. The molecule has 24 heavy (non-hydrogen) atoms. The Kier molecular flexibility index (Phi) is 5.70. The second-order valence-electron chi connectivity index (χ2n) is 6.55. The van der Waals surface area contributed by atoms with Crippen LogP contribution in [0.3, 0.4) is 0 Å². The number of amidine groups is 2. The molecule has 0 fully saturated rings. The van der Waals surface area contributed by atoms with E-state index in [0.29, 0.717) is 22.5 Å². The number of benzene rings is 1. The third kappa shape index (κ3) is 3.80. The van der Waals surface area contributed by atoms with Gasteiger partial charge in [-0.15, -0.1) is 0 Å². The van der Waals surface area contributed by atoms with Crippen molar-refractivity contribution in [1.29, 1.82) is 5.41 Å². The number of aliphatic imine (C=N–C) groups is 1. The molecule has 1 aromatic carbocycles. The number of hydrogen-bond acceptors (Lipinski definition) is 4. The van der Waals surface area contributed by atoms with Crippen LogP contribution in [0.1, 0.15) is 38.1 Å². The van der Waals surface area contributed by atoms with Crippen LogP contribution in [0.2, 0.25) is 0 Å². The summed E-state index contributed by atoms with van der Waals surface area (Å²) in [5.41, 5.74) is 0.267. The molecule has 0 radical (unpaired) electrons. The molecule has 0 saturated carbocycles. The predicted octanol–water partition coefficient (Wildman–Crippen LogP) is 3.23. The topological polar surface area (TPSA) is 68.6 Å². The molecule has 0 saturated heterocycles. The maximum absolute atomic E-state index is 12.4. The normalized spacial score (nSPS) is 24.7. The SMILES string of the molecule is CC(=N)N(C)C(C)C1(C)N=C(NC(=O)c2ccccc2)SCC1C. The summed E-state index contributed by atoms with van der Waals surface area (Å²) in [6.07, 6.45) is 0. The summed E-state index contributed by atoms with van der Waals surface area (Å²) in [7, 11) is 1.92. The third-order valence-electron chi connectivity index (χ3n) is 5.02. The lowest BCUT2D eigenvalue weighted by molar-refractivity contribution is 0.0977. The molecule has 0 aromatic heterocycles. The molecule has 2 rings (SSSR count). The first kappa shape index (κ1) is 18.5. The van der Waals surface area contributed by atoms with Crippen LogP contribution in [0.4, 0.5) is 0 Å². The number of carbonyl (C=O) groups excluding carboxylic acids is 1. The van der Waals surface area contributed by atoms with Gasteiger partial charge in [0.2, 0.25) is 0 Å². The number of rotatable bonds is 3. The average molecular weight is 347 g/mol. The van der Waals surface area contributed by atoms with Crippen LogP contribution in [0.15, 0.2) is 35.3 Å². The van der Waals surface area contributed by atoms with Gasteiger partial charge in [-0.1, -0.05) is 36.9 Å². The van der Waals surface area contributed by atoms with E-state index >= 15 is 0 Å². The lowest BCUT2D eigenvalue weighted by Crippen LogP contribution is -2.55. The van der Waals surface area contributed by atoms with Crippen molar-refractivity contribution in [1.82, 2.24) is 10.2 Å². The van der Waals surface area contributed by atoms with Crippen LogP contribution in [-0.2, 0) is 0 Å². The van der Waals surface area contributed by atoms with Crippen LogP contribution >= 0.6 is 11.8 Å². The second-order valence-corrected chi connectivity index (χ2v) is 7.56. The molecule has 3 unspecified atom stereocenters. The molecule has 0 spiro atoms. The molecule has 1 aliphatic heterocycles. The Hall–Kier alpha value is -1.82. The van der Waals surface area contributed by atoms with E-state index in [9.17, 15) is 4.79 Å². The molecular weight excluding hydrogens is 320 g/mol. The van der Waals surface area contributed by atoms with Gasteiger partial charge < -0.3 is 10.2 Å². The number of carbonyl (C=O) groups is 1. The fraction of sp³-hybridized carbons (Fsp3) is 0.500. The van der Waals surface area contributed by atoms with Gasteiger partial charge in [-0.3, -0.25) is 15.2 Å². The highest BCUT2D eigenvalue weighted by atomic mass is 32.2. The summed E-state index contributed by atoms with van der Waals surface area (Å²) in [5.74, 6) is 1.61. The van der Waals surface area contributed by atoms with Crippen molar-refractivity contribution >= 4 is 28.7 Å². The standard InChI is InChI=1S/C18H26N4OS/c1-12-11-24-17(20-16(23)15-9-7-6-8-10-15)21-18(12,4)13(2)22(5)14(3)19/h6-10,12-13,19H,11H2,1-5H3,(H,20,21,23). The maximum Gasteiger partial charge on any atom is 0.257 e. The van der Waals surface area contributed by atoms with Crippen molar-refractivity contribution in [3.63, 3.8) is 0 Å².